The van der Waals surface area contributed by atoms with Crippen molar-refractivity contribution in [1.82, 2.24) is 15.2 Å². The highest BCUT2D eigenvalue weighted by atomic mass is 32.1. The third-order valence-electron chi connectivity index (χ3n) is 5.07. The molecule has 4 nitrogen and oxygen atoms in total. The maximum Gasteiger partial charge on any atom is 0.169 e. The maximum absolute atomic E-state index is 5.79. The largest absolute Gasteiger partial charge is 0.353 e. The summed E-state index contributed by atoms with van der Waals surface area (Å²) in [6.45, 7) is 3.61. The number of hydrogen-bond donors (Lipinski definition) is 1. The Morgan fingerprint density at radius 1 is 0.786 bits per heavy atom. The summed E-state index contributed by atoms with van der Waals surface area (Å²) in [5.74, 6) is 1.03. The van der Waals surface area contributed by atoms with Crippen LogP contribution in [0.25, 0.3) is 0 Å². The second-order valence-corrected chi connectivity index (χ2v) is 7.25. The first-order chi connectivity index (χ1) is 13.8. The van der Waals surface area contributed by atoms with Crippen LogP contribution in [0.2, 0.25) is 0 Å². The first kappa shape index (κ1) is 18.4. The first-order valence-corrected chi connectivity index (χ1v) is 10.0. The summed E-state index contributed by atoms with van der Waals surface area (Å²) in [4.78, 5) is 9.03. The minimum Gasteiger partial charge on any atom is -0.353 e. The molecule has 1 aliphatic heterocycles. The predicted molar refractivity (Wildman–Crippen MR) is 118 cm³/mol. The van der Waals surface area contributed by atoms with E-state index in [9.17, 15) is 0 Å². The van der Waals surface area contributed by atoms with Crippen molar-refractivity contribution < 1.29 is 0 Å². The van der Waals surface area contributed by atoms with Gasteiger partial charge >= 0.3 is 0 Å². The molecule has 0 atom stereocenters. The highest BCUT2D eigenvalue weighted by Crippen LogP contribution is 2.22. The molecular weight excluding hydrogens is 364 g/mol. The fourth-order valence-corrected chi connectivity index (χ4v) is 3.84. The number of piperazine rings is 1. The molecule has 1 saturated heterocycles. The van der Waals surface area contributed by atoms with E-state index in [-0.39, 0.29) is 6.04 Å². The summed E-state index contributed by atoms with van der Waals surface area (Å²) in [5.41, 5.74) is 2.42. The van der Waals surface area contributed by atoms with Crippen molar-refractivity contribution in [1.29, 1.82) is 0 Å². The zero-order valence-corrected chi connectivity index (χ0v) is 16.6. The van der Waals surface area contributed by atoms with Crippen LogP contribution in [0.1, 0.15) is 17.2 Å². The molecule has 0 aliphatic carbocycles. The molecule has 3 aromatic rings. The first-order valence-electron chi connectivity index (χ1n) is 9.62. The number of rotatable bonds is 4. The van der Waals surface area contributed by atoms with Crippen molar-refractivity contribution in [2.45, 2.75) is 6.04 Å². The molecule has 0 amide bonds. The van der Waals surface area contributed by atoms with E-state index in [0.29, 0.717) is 0 Å². The maximum atomic E-state index is 5.79. The normalized spacial score (nSPS) is 14.2. The number of nitrogens with zero attached hydrogens (tertiary/aromatic N) is 3. The van der Waals surface area contributed by atoms with Crippen molar-refractivity contribution in [3.05, 3.63) is 96.2 Å². The van der Waals surface area contributed by atoms with Crippen molar-refractivity contribution >= 4 is 23.1 Å². The van der Waals surface area contributed by atoms with Gasteiger partial charge in [-0.15, -0.1) is 0 Å². The van der Waals surface area contributed by atoms with E-state index < -0.39 is 0 Å². The molecule has 28 heavy (non-hydrogen) atoms. The average Bonchev–Trinajstić information content (AvgIpc) is 2.79. The fourth-order valence-electron chi connectivity index (χ4n) is 3.54. The lowest BCUT2D eigenvalue weighted by Crippen LogP contribution is -2.52. The number of thiocarbonyl (C=S) groups is 1. The minimum atomic E-state index is 0.0451. The van der Waals surface area contributed by atoms with Crippen molar-refractivity contribution in [3.63, 3.8) is 0 Å². The molecular formula is C23H24N4S. The summed E-state index contributed by atoms with van der Waals surface area (Å²) < 4.78 is 0. The lowest BCUT2D eigenvalue weighted by molar-refractivity contribution is 0.376. The van der Waals surface area contributed by atoms with Crippen LogP contribution in [-0.2, 0) is 0 Å². The van der Waals surface area contributed by atoms with Gasteiger partial charge in [-0.3, -0.25) is 0 Å². The SMILES string of the molecule is S=C(NC(c1ccccc1)c1ccccc1)N1CCN(c2ccccn2)CC1. The molecule has 1 fully saturated rings. The van der Waals surface area contributed by atoms with E-state index in [0.717, 1.165) is 37.1 Å². The number of benzene rings is 2. The molecule has 4 rings (SSSR count). The molecule has 0 unspecified atom stereocenters. The fraction of sp³-hybridized carbons (Fsp3) is 0.217. The standard InChI is InChI=1S/C23H24N4S/c28-23(27-17-15-26(16-18-27)21-13-7-8-14-24-21)25-22(19-9-3-1-4-10-19)20-11-5-2-6-12-20/h1-14,22H,15-18H2,(H,25,28). The third kappa shape index (κ3) is 4.31. The second kappa shape index (κ2) is 8.85. The van der Waals surface area contributed by atoms with Crippen LogP contribution in [-0.4, -0.2) is 41.2 Å². The monoisotopic (exact) mass is 388 g/mol. The van der Waals surface area contributed by atoms with Gasteiger partial charge in [0.2, 0.25) is 0 Å². The van der Waals surface area contributed by atoms with E-state index in [1.54, 1.807) is 0 Å². The minimum absolute atomic E-state index is 0.0451. The van der Waals surface area contributed by atoms with E-state index in [1.165, 1.54) is 11.1 Å². The second-order valence-electron chi connectivity index (χ2n) is 6.87. The molecule has 0 radical (unpaired) electrons. The highest BCUT2D eigenvalue weighted by Gasteiger charge is 2.22. The molecule has 1 aromatic heterocycles. The Balaban J connectivity index is 1.44. The summed E-state index contributed by atoms with van der Waals surface area (Å²) in [7, 11) is 0. The number of anilines is 1. The van der Waals surface area contributed by atoms with Gasteiger partial charge in [-0.1, -0.05) is 66.7 Å². The Bertz CT molecular complexity index is 839. The van der Waals surface area contributed by atoms with Gasteiger partial charge in [0.15, 0.2) is 5.11 Å². The number of pyridine rings is 1. The zero-order valence-electron chi connectivity index (χ0n) is 15.7. The Hall–Kier alpha value is -2.92. The van der Waals surface area contributed by atoms with E-state index >= 15 is 0 Å². The molecule has 1 N–H and O–H groups in total. The molecule has 0 bridgehead atoms. The lowest BCUT2D eigenvalue weighted by atomic mass is 9.99. The molecule has 1 aliphatic rings. The van der Waals surface area contributed by atoms with Gasteiger partial charge in [-0.25, -0.2) is 4.98 Å². The van der Waals surface area contributed by atoms with Gasteiger partial charge < -0.3 is 15.1 Å². The summed E-state index contributed by atoms with van der Waals surface area (Å²) in [6.07, 6.45) is 1.85. The molecule has 0 saturated carbocycles. The van der Waals surface area contributed by atoms with Crippen LogP contribution in [0.15, 0.2) is 85.1 Å². The summed E-state index contributed by atoms with van der Waals surface area (Å²) in [5, 5.41) is 4.40. The van der Waals surface area contributed by atoms with Crippen LogP contribution in [0.3, 0.4) is 0 Å². The van der Waals surface area contributed by atoms with Crippen LogP contribution >= 0.6 is 12.2 Å². The van der Waals surface area contributed by atoms with Gasteiger partial charge in [0.25, 0.3) is 0 Å². The molecule has 5 heteroatoms. The van der Waals surface area contributed by atoms with Crippen LogP contribution in [0.5, 0.6) is 0 Å². The Kier molecular flexibility index (Phi) is 5.83. The van der Waals surface area contributed by atoms with E-state index in [1.807, 2.05) is 30.5 Å². The average molecular weight is 389 g/mol. The van der Waals surface area contributed by atoms with Crippen molar-refractivity contribution in [2.24, 2.45) is 0 Å². The van der Waals surface area contributed by atoms with Crippen molar-refractivity contribution in [2.75, 3.05) is 31.1 Å². The van der Waals surface area contributed by atoms with E-state index in [2.05, 4.69) is 74.7 Å². The smallest absolute Gasteiger partial charge is 0.169 e. The van der Waals surface area contributed by atoms with Crippen LogP contribution < -0.4 is 10.2 Å². The number of hydrogen-bond acceptors (Lipinski definition) is 3. The summed E-state index contributed by atoms with van der Waals surface area (Å²) >= 11 is 5.79. The van der Waals surface area contributed by atoms with Gasteiger partial charge in [-0.05, 0) is 35.5 Å². The van der Waals surface area contributed by atoms with Gasteiger partial charge in [0, 0.05) is 32.4 Å². The summed E-state index contributed by atoms with van der Waals surface area (Å²) in [6, 6.07) is 27.0. The van der Waals surface area contributed by atoms with E-state index in [4.69, 9.17) is 12.2 Å². The highest BCUT2D eigenvalue weighted by molar-refractivity contribution is 7.80. The number of aromatic nitrogens is 1. The zero-order chi connectivity index (χ0) is 19.2. The Morgan fingerprint density at radius 2 is 1.36 bits per heavy atom. The number of nitrogens with one attached hydrogen (secondary N) is 1. The molecule has 0 spiro atoms. The molecule has 142 valence electrons. The third-order valence-corrected chi connectivity index (χ3v) is 5.45. The van der Waals surface area contributed by atoms with Crippen LogP contribution in [0, 0.1) is 0 Å². The van der Waals surface area contributed by atoms with Gasteiger partial charge in [0.05, 0.1) is 6.04 Å². The van der Waals surface area contributed by atoms with Gasteiger partial charge in [0.1, 0.15) is 5.82 Å². The quantitative estimate of drug-likeness (QED) is 0.686. The van der Waals surface area contributed by atoms with Crippen molar-refractivity contribution in [3.8, 4) is 0 Å². The lowest BCUT2D eigenvalue weighted by Gasteiger charge is -2.37. The Labute approximate surface area is 171 Å². The molecule has 2 aromatic carbocycles. The predicted octanol–water partition coefficient (Wildman–Crippen LogP) is 3.87. The Morgan fingerprint density at radius 3 is 1.89 bits per heavy atom. The van der Waals surface area contributed by atoms with Crippen LogP contribution in [0.4, 0.5) is 5.82 Å². The molecule has 2 heterocycles. The topological polar surface area (TPSA) is 31.4 Å². The van der Waals surface area contributed by atoms with Gasteiger partial charge in [-0.2, -0.15) is 0 Å².